The summed E-state index contributed by atoms with van der Waals surface area (Å²) in [5.74, 6) is 0.621. The van der Waals surface area contributed by atoms with Crippen LogP contribution in [0.1, 0.15) is 52.1 Å². The predicted molar refractivity (Wildman–Crippen MR) is 127 cm³/mol. The van der Waals surface area contributed by atoms with Gasteiger partial charge < -0.3 is 19.3 Å². The molecule has 1 amide bonds. The third-order valence-electron chi connectivity index (χ3n) is 5.48. The van der Waals surface area contributed by atoms with Crippen molar-refractivity contribution in [2.24, 2.45) is 0 Å². The highest BCUT2D eigenvalue weighted by Crippen LogP contribution is 2.32. The van der Waals surface area contributed by atoms with Crippen molar-refractivity contribution in [3.8, 4) is 11.4 Å². The lowest BCUT2D eigenvalue weighted by molar-refractivity contribution is -0.137. The molecule has 0 saturated carbocycles. The number of amides is 1. The first-order chi connectivity index (χ1) is 17.3. The molecule has 198 valence electrons. The normalized spacial score (nSPS) is 18.0. The summed E-state index contributed by atoms with van der Waals surface area (Å²) >= 11 is 0. The van der Waals surface area contributed by atoms with Crippen molar-refractivity contribution in [3.05, 3.63) is 48.0 Å². The minimum Gasteiger partial charge on any atom is -0.447 e. The standard InChI is InChI=1S/C24H27F3N6O4/c1-13(20-31-19(32-37-20)15-7-6-8-16(11-15)24(25,26)27)29-21-28-10-9-18(30-21)33-17(12-35-22(33)34)14(2)36-23(3,4)5/h6-11,13-14,17H,12H2,1-5H3,(H,28,29,30)/t13-,14+,17?/m0/s1. The Labute approximate surface area is 211 Å². The second-order valence-corrected chi connectivity index (χ2v) is 9.59. The van der Waals surface area contributed by atoms with Crippen LogP contribution in [0, 0.1) is 0 Å². The maximum Gasteiger partial charge on any atom is 0.416 e. The predicted octanol–water partition coefficient (Wildman–Crippen LogP) is 5.25. The zero-order valence-corrected chi connectivity index (χ0v) is 20.9. The van der Waals surface area contributed by atoms with E-state index in [0.29, 0.717) is 5.82 Å². The van der Waals surface area contributed by atoms with Gasteiger partial charge in [0.05, 0.1) is 17.3 Å². The fourth-order valence-corrected chi connectivity index (χ4v) is 3.85. The number of nitrogens with zero attached hydrogens (tertiary/aromatic N) is 5. The van der Waals surface area contributed by atoms with Crippen molar-refractivity contribution in [2.75, 3.05) is 16.8 Å². The van der Waals surface area contributed by atoms with Gasteiger partial charge in [0.15, 0.2) is 0 Å². The van der Waals surface area contributed by atoms with E-state index in [9.17, 15) is 18.0 Å². The van der Waals surface area contributed by atoms with Gasteiger partial charge in [0.25, 0.3) is 0 Å². The molecule has 1 fully saturated rings. The Morgan fingerprint density at radius 2 is 1.92 bits per heavy atom. The Morgan fingerprint density at radius 3 is 2.62 bits per heavy atom. The van der Waals surface area contributed by atoms with E-state index in [1.165, 1.54) is 23.2 Å². The van der Waals surface area contributed by atoms with Crippen LogP contribution in [0.5, 0.6) is 0 Å². The van der Waals surface area contributed by atoms with Crippen molar-refractivity contribution in [3.63, 3.8) is 0 Å². The third-order valence-corrected chi connectivity index (χ3v) is 5.48. The number of hydrogen-bond donors (Lipinski definition) is 1. The number of cyclic esters (lactones) is 1. The summed E-state index contributed by atoms with van der Waals surface area (Å²) in [4.78, 5) is 26.8. The SMILES string of the molecule is C[C@H](Nc1nccc(N2C(=O)OCC2[C@@H](C)OC(C)(C)C)n1)c1nc(-c2cccc(C(F)(F)F)c2)no1. The summed E-state index contributed by atoms with van der Waals surface area (Å²) in [6.07, 6.45) is -3.88. The molecular formula is C24H27F3N6O4. The Kier molecular flexibility index (Phi) is 7.09. The maximum atomic E-state index is 13.0. The third kappa shape index (κ3) is 6.16. The highest BCUT2D eigenvalue weighted by molar-refractivity contribution is 5.89. The number of alkyl halides is 3. The second-order valence-electron chi connectivity index (χ2n) is 9.59. The van der Waals surface area contributed by atoms with Crippen LogP contribution in [-0.4, -0.2) is 50.6 Å². The minimum absolute atomic E-state index is 0.0138. The molecule has 1 aliphatic rings. The van der Waals surface area contributed by atoms with Crippen LogP contribution >= 0.6 is 0 Å². The monoisotopic (exact) mass is 520 g/mol. The van der Waals surface area contributed by atoms with E-state index in [1.807, 2.05) is 27.7 Å². The van der Waals surface area contributed by atoms with E-state index in [1.54, 1.807) is 13.0 Å². The molecule has 4 rings (SSSR count). The number of benzene rings is 1. The molecule has 3 aromatic rings. The summed E-state index contributed by atoms with van der Waals surface area (Å²) in [5, 5.41) is 6.81. The van der Waals surface area contributed by atoms with E-state index < -0.39 is 35.5 Å². The summed E-state index contributed by atoms with van der Waals surface area (Å²) in [5.41, 5.74) is -1.06. The molecule has 2 aromatic heterocycles. The highest BCUT2D eigenvalue weighted by atomic mass is 19.4. The average molecular weight is 521 g/mol. The lowest BCUT2D eigenvalue weighted by Crippen LogP contribution is -2.45. The molecule has 0 radical (unpaired) electrons. The number of hydrogen-bond acceptors (Lipinski definition) is 9. The Balaban J connectivity index is 1.50. The number of nitrogens with one attached hydrogen (secondary N) is 1. The summed E-state index contributed by atoms with van der Waals surface area (Å²) < 4.78 is 55.7. The van der Waals surface area contributed by atoms with Gasteiger partial charge in [-0.1, -0.05) is 17.3 Å². The molecule has 3 atom stereocenters. The summed E-state index contributed by atoms with van der Waals surface area (Å²) in [7, 11) is 0. The fourth-order valence-electron chi connectivity index (χ4n) is 3.85. The van der Waals surface area contributed by atoms with Crippen LogP contribution in [0.3, 0.4) is 0 Å². The van der Waals surface area contributed by atoms with E-state index in [4.69, 9.17) is 14.0 Å². The molecule has 37 heavy (non-hydrogen) atoms. The molecule has 0 aliphatic carbocycles. The molecule has 1 unspecified atom stereocenters. The minimum atomic E-state index is -4.49. The van der Waals surface area contributed by atoms with Gasteiger partial charge in [0, 0.05) is 11.8 Å². The van der Waals surface area contributed by atoms with Gasteiger partial charge in [-0.15, -0.1) is 0 Å². The first-order valence-electron chi connectivity index (χ1n) is 11.6. The van der Waals surface area contributed by atoms with Gasteiger partial charge in [-0.25, -0.2) is 9.78 Å². The highest BCUT2D eigenvalue weighted by Gasteiger charge is 2.40. The van der Waals surface area contributed by atoms with Crippen molar-refractivity contribution in [2.45, 2.75) is 64.6 Å². The largest absolute Gasteiger partial charge is 0.447 e. The smallest absolute Gasteiger partial charge is 0.416 e. The van der Waals surface area contributed by atoms with E-state index in [-0.39, 0.29) is 35.9 Å². The first kappa shape index (κ1) is 26.3. The Bertz CT molecular complexity index is 1260. The van der Waals surface area contributed by atoms with Gasteiger partial charge in [0.2, 0.25) is 17.7 Å². The van der Waals surface area contributed by atoms with E-state index in [0.717, 1.165) is 12.1 Å². The summed E-state index contributed by atoms with van der Waals surface area (Å²) in [6, 6.07) is 5.26. The number of rotatable bonds is 7. The zero-order valence-electron chi connectivity index (χ0n) is 20.9. The summed E-state index contributed by atoms with van der Waals surface area (Å²) in [6.45, 7) is 9.50. The molecule has 1 N–H and O–H groups in total. The van der Waals surface area contributed by atoms with Gasteiger partial charge in [0.1, 0.15) is 24.5 Å². The number of ether oxygens (including phenoxy) is 2. The number of anilines is 2. The van der Waals surface area contributed by atoms with Crippen LogP contribution in [0.4, 0.5) is 29.7 Å². The van der Waals surface area contributed by atoms with Gasteiger partial charge in [-0.3, -0.25) is 4.90 Å². The van der Waals surface area contributed by atoms with Crippen LogP contribution in [0.25, 0.3) is 11.4 Å². The quantitative estimate of drug-likeness (QED) is 0.446. The molecule has 3 heterocycles. The zero-order chi connectivity index (χ0) is 27.0. The number of carbonyl (C=O) groups is 1. The Hall–Kier alpha value is -3.74. The van der Waals surface area contributed by atoms with Crippen molar-refractivity contribution < 1.29 is 32.0 Å². The number of aromatic nitrogens is 4. The van der Waals surface area contributed by atoms with Crippen molar-refractivity contribution in [1.29, 1.82) is 0 Å². The molecule has 10 nitrogen and oxygen atoms in total. The van der Waals surface area contributed by atoms with Crippen LogP contribution in [0.15, 0.2) is 41.1 Å². The maximum absolute atomic E-state index is 13.0. The van der Waals surface area contributed by atoms with E-state index >= 15 is 0 Å². The Morgan fingerprint density at radius 1 is 1.16 bits per heavy atom. The molecule has 13 heteroatoms. The number of carbonyl (C=O) groups excluding carboxylic acids is 1. The lowest BCUT2D eigenvalue weighted by Gasteiger charge is -2.31. The van der Waals surface area contributed by atoms with Crippen molar-refractivity contribution >= 4 is 17.9 Å². The van der Waals surface area contributed by atoms with Crippen molar-refractivity contribution in [1.82, 2.24) is 20.1 Å². The molecule has 1 saturated heterocycles. The molecule has 1 aromatic carbocycles. The first-order valence-corrected chi connectivity index (χ1v) is 11.6. The van der Waals surface area contributed by atoms with E-state index in [2.05, 4.69) is 25.4 Å². The number of halogens is 3. The molecule has 0 spiro atoms. The van der Waals surface area contributed by atoms with Gasteiger partial charge in [-0.2, -0.15) is 23.1 Å². The van der Waals surface area contributed by atoms with Gasteiger partial charge >= 0.3 is 12.3 Å². The molecule has 1 aliphatic heterocycles. The van der Waals surface area contributed by atoms with Crippen LogP contribution in [0.2, 0.25) is 0 Å². The van der Waals surface area contributed by atoms with Crippen LogP contribution in [-0.2, 0) is 15.7 Å². The topological polar surface area (TPSA) is 116 Å². The van der Waals surface area contributed by atoms with Gasteiger partial charge in [-0.05, 0) is 52.8 Å². The lowest BCUT2D eigenvalue weighted by atomic mass is 10.1. The second kappa shape index (κ2) is 9.96. The molecular weight excluding hydrogens is 493 g/mol. The fraction of sp³-hybridized carbons (Fsp3) is 0.458. The van der Waals surface area contributed by atoms with Crippen LogP contribution < -0.4 is 10.2 Å². The average Bonchev–Trinajstić information content (AvgIpc) is 3.45. The molecule has 0 bridgehead atoms.